The Bertz CT molecular complexity index is 917. The molecule has 0 aliphatic heterocycles. The van der Waals surface area contributed by atoms with E-state index in [0.29, 0.717) is 17.1 Å². The smallest absolute Gasteiger partial charge is 0.252 e. The highest BCUT2D eigenvalue weighted by Gasteiger charge is 2.17. The number of pyridine rings is 1. The summed E-state index contributed by atoms with van der Waals surface area (Å²) in [5.41, 5.74) is 4.04. The number of nitrogens with one attached hydrogen (secondary N) is 1. The highest BCUT2D eigenvalue weighted by atomic mass is 35.5. The summed E-state index contributed by atoms with van der Waals surface area (Å²) in [4.78, 5) is 17.1. The molecule has 0 radical (unpaired) electrons. The maximum atomic E-state index is 12.6. The van der Waals surface area contributed by atoms with Crippen molar-refractivity contribution in [1.29, 1.82) is 0 Å². The second kappa shape index (κ2) is 6.61. The zero-order valence-corrected chi connectivity index (χ0v) is 14.7. The van der Waals surface area contributed by atoms with Gasteiger partial charge in [0.1, 0.15) is 0 Å². The summed E-state index contributed by atoms with van der Waals surface area (Å²) >= 11 is 5.98. The number of nitrogens with zero attached hydrogens (tertiary/aromatic N) is 3. The van der Waals surface area contributed by atoms with Gasteiger partial charge in [0.05, 0.1) is 16.6 Å². The van der Waals surface area contributed by atoms with Crippen molar-refractivity contribution in [1.82, 2.24) is 20.1 Å². The molecule has 0 saturated heterocycles. The van der Waals surface area contributed by atoms with E-state index in [1.54, 1.807) is 4.68 Å². The van der Waals surface area contributed by atoms with E-state index in [1.165, 1.54) is 0 Å². The SMILES string of the molecule is Cc1cc(C(=O)NCCc2cccc(Cl)c2)c2c(C)nn(C)c2n1. The molecule has 0 unspecified atom stereocenters. The van der Waals surface area contributed by atoms with Gasteiger partial charge >= 0.3 is 0 Å². The molecule has 1 N–H and O–H groups in total. The van der Waals surface area contributed by atoms with Crippen LogP contribution < -0.4 is 5.32 Å². The predicted octanol–water partition coefficient (Wildman–Crippen LogP) is 3.21. The molecular formula is C18H19ClN4O. The number of carbonyl (C=O) groups excluding carboxylic acids is 1. The van der Waals surface area contributed by atoms with Gasteiger partial charge < -0.3 is 5.32 Å². The minimum atomic E-state index is -0.108. The van der Waals surface area contributed by atoms with E-state index in [9.17, 15) is 4.79 Å². The third-order valence-electron chi connectivity index (χ3n) is 3.93. The molecule has 2 aromatic heterocycles. The maximum absolute atomic E-state index is 12.6. The van der Waals surface area contributed by atoms with Crippen LogP contribution in [0.5, 0.6) is 0 Å². The number of hydrogen-bond acceptors (Lipinski definition) is 3. The van der Waals surface area contributed by atoms with Crippen LogP contribution in [0.4, 0.5) is 0 Å². The number of aryl methyl sites for hydroxylation is 3. The quantitative estimate of drug-likeness (QED) is 0.792. The lowest BCUT2D eigenvalue weighted by molar-refractivity contribution is 0.0955. The first-order valence-electron chi connectivity index (χ1n) is 7.79. The van der Waals surface area contributed by atoms with Crippen LogP contribution in [0.2, 0.25) is 5.02 Å². The largest absolute Gasteiger partial charge is 0.352 e. The van der Waals surface area contributed by atoms with Gasteiger partial charge in [-0.3, -0.25) is 9.48 Å². The molecule has 0 fully saturated rings. The van der Waals surface area contributed by atoms with Crippen molar-refractivity contribution >= 4 is 28.5 Å². The fourth-order valence-corrected chi connectivity index (χ4v) is 3.07. The van der Waals surface area contributed by atoms with Gasteiger partial charge in [0.25, 0.3) is 5.91 Å². The van der Waals surface area contributed by atoms with Crippen molar-refractivity contribution in [3.05, 3.63) is 57.9 Å². The zero-order valence-electron chi connectivity index (χ0n) is 13.9. The molecule has 3 aromatic rings. The number of halogens is 1. The van der Waals surface area contributed by atoms with Gasteiger partial charge in [-0.25, -0.2) is 4.98 Å². The fraction of sp³-hybridized carbons (Fsp3) is 0.278. The lowest BCUT2D eigenvalue weighted by Crippen LogP contribution is -2.26. The van der Waals surface area contributed by atoms with E-state index in [4.69, 9.17) is 11.6 Å². The molecule has 124 valence electrons. The monoisotopic (exact) mass is 342 g/mol. The van der Waals surface area contributed by atoms with Crippen molar-refractivity contribution in [2.45, 2.75) is 20.3 Å². The molecule has 0 saturated carbocycles. The first-order valence-corrected chi connectivity index (χ1v) is 8.17. The van der Waals surface area contributed by atoms with E-state index in [-0.39, 0.29) is 5.91 Å². The van der Waals surface area contributed by atoms with E-state index < -0.39 is 0 Å². The first-order chi connectivity index (χ1) is 11.5. The van der Waals surface area contributed by atoms with Crippen molar-refractivity contribution in [2.24, 2.45) is 7.05 Å². The molecule has 0 aliphatic carbocycles. The van der Waals surface area contributed by atoms with Crippen LogP contribution >= 0.6 is 11.6 Å². The van der Waals surface area contributed by atoms with Crippen molar-refractivity contribution < 1.29 is 4.79 Å². The molecule has 0 atom stereocenters. The molecular weight excluding hydrogens is 324 g/mol. The molecule has 24 heavy (non-hydrogen) atoms. The van der Waals surface area contributed by atoms with Gasteiger partial charge in [-0.2, -0.15) is 5.10 Å². The topological polar surface area (TPSA) is 59.8 Å². The second-order valence-electron chi connectivity index (χ2n) is 5.85. The summed E-state index contributed by atoms with van der Waals surface area (Å²) in [6.07, 6.45) is 0.728. The maximum Gasteiger partial charge on any atom is 0.252 e. The minimum Gasteiger partial charge on any atom is -0.352 e. The molecule has 3 rings (SSSR count). The van der Waals surface area contributed by atoms with Crippen LogP contribution in [0, 0.1) is 13.8 Å². The molecule has 0 bridgehead atoms. The Morgan fingerprint density at radius 3 is 2.83 bits per heavy atom. The molecule has 2 heterocycles. The van der Waals surface area contributed by atoms with E-state index >= 15 is 0 Å². The minimum absolute atomic E-state index is 0.108. The number of rotatable bonds is 4. The van der Waals surface area contributed by atoms with Crippen LogP contribution in [0.15, 0.2) is 30.3 Å². The second-order valence-corrected chi connectivity index (χ2v) is 6.29. The van der Waals surface area contributed by atoms with Gasteiger partial charge in [-0.05, 0) is 44.0 Å². The fourth-order valence-electron chi connectivity index (χ4n) is 2.86. The highest BCUT2D eigenvalue weighted by Crippen LogP contribution is 2.21. The van der Waals surface area contributed by atoms with Gasteiger partial charge in [-0.1, -0.05) is 23.7 Å². The summed E-state index contributed by atoms with van der Waals surface area (Å²) in [7, 11) is 1.84. The first kappa shape index (κ1) is 16.5. The molecule has 5 nitrogen and oxygen atoms in total. The van der Waals surface area contributed by atoms with E-state index in [0.717, 1.165) is 34.4 Å². The van der Waals surface area contributed by atoms with Gasteiger partial charge in [0.15, 0.2) is 5.65 Å². The van der Waals surface area contributed by atoms with Crippen LogP contribution in [0.25, 0.3) is 11.0 Å². The number of aromatic nitrogens is 3. The number of benzene rings is 1. The van der Waals surface area contributed by atoms with Crippen molar-refractivity contribution in [3.63, 3.8) is 0 Å². The number of hydrogen-bond donors (Lipinski definition) is 1. The number of carbonyl (C=O) groups is 1. The van der Waals surface area contributed by atoms with Crippen molar-refractivity contribution in [3.8, 4) is 0 Å². The highest BCUT2D eigenvalue weighted by molar-refractivity contribution is 6.30. The Kier molecular flexibility index (Phi) is 4.53. The van der Waals surface area contributed by atoms with Gasteiger partial charge in [0, 0.05) is 24.3 Å². The normalized spacial score (nSPS) is 11.0. The van der Waals surface area contributed by atoms with Gasteiger partial charge in [0.2, 0.25) is 0 Å². The standard InChI is InChI=1S/C18H19ClN4O/c1-11-9-15(16-12(2)22-23(3)17(16)21-11)18(24)20-8-7-13-5-4-6-14(19)10-13/h4-6,9-10H,7-8H2,1-3H3,(H,20,24). The molecule has 0 aliphatic rings. The lowest BCUT2D eigenvalue weighted by atomic mass is 10.1. The third kappa shape index (κ3) is 3.26. The zero-order chi connectivity index (χ0) is 17.3. The lowest BCUT2D eigenvalue weighted by Gasteiger charge is -2.08. The summed E-state index contributed by atoms with van der Waals surface area (Å²) in [6, 6.07) is 9.47. The predicted molar refractivity (Wildman–Crippen MR) is 95.5 cm³/mol. The van der Waals surface area contributed by atoms with Crippen LogP contribution in [-0.2, 0) is 13.5 Å². The summed E-state index contributed by atoms with van der Waals surface area (Å²) in [6.45, 7) is 4.31. The number of amides is 1. The van der Waals surface area contributed by atoms with Gasteiger partial charge in [-0.15, -0.1) is 0 Å². The van der Waals surface area contributed by atoms with E-state index in [2.05, 4.69) is 15.4 Å². The van der Waals surface area contributed by atoms with Crippen LogP contribution in [0.1, 0.15) is 27.3 Å². The van der Waals surface area contributed by atoms with Crippen LogP contribution in [0.3, 0.4) is 0 Å². The van der Waals surface area contributed by atoms with Crippen molar-refractivity contribution in [2.75, 3.05) is 6.54 Å². The Morgan fingerprint density at radius 2 is 2.08 bits per heavy atom. The number of fused-ring (bicyclic) bond motifs is 1. The molecule has 1 aromatic carbocycles. The Hall–Kier alpha value is -2.40. The summed E-state index contributed by atoms with van der Waals surface area (Å²) in [5.74, 6) is -0.108. The Morgan fingerprint density at radius 1 is 1.29 bits per heavy atom. The summed E-state index contributed by atoms with van der Waals surface area (Å²) in [5, 5.41) is 8.86. The average Bonchev–Trinajstić information content (AvgIpc) is 2.81. The molecule has 6 heteroatoms. The van der Waals surface area contributed by atoms with E-state index in [1.807, 2.05) is 51.2 Å². The molecule has 1 amide bonds. The average molecular weight is 343 g/mol. The van der Waals surface area contributed by atoms with Crippen LogP contribution in [-0.4, -0.2) is 27.2 Å². The summed E-state index contributed by atoms with van der Waals surface area (Å²) < 4.78 is 1.71. The Labute approximate surface area is 145 Å². The third-order valence-corrected chi connectivity index (χ3v) is 4.16. The molecule has 0 spiro atoms. The Balaban J connectivity index is 1.79.